The van der Waals surface area contributed by atoms with Crippen LogP contribution in [0.2, 0.25) is 0 Å². The van der Waals surface area contributed by atoms with Gasteiger partial charge in [0, 0.05) is 20.1 Å². The molecular formula is C12H19N3. The summed E-state index contributed by atoms with van der Waals surface area (Å²) in [6.07, 6.45) is 0. The minimum atomic E-state index is 0.153. The van der Waals surface area contributed by atoms with Gasteiger partial charge in [-0.25, -0.2) is 0 Å². The van der Waals surface area contributed by atoms with Crippen LogP contribution in [0.3, 0.4) is 0 Å². The lowest BCUT2D eigenvalue weighted by Gasteiger charge is -2.43. The van der Waals surface area contributed by atoms with E-state index in [1.54, 1.807) is 0 Å². The Labute approximate surface area is 91.3 Å². The van der Waals surface area contributed by atoms with Gasteiger partial charge in [-0.2, -0.15) is 0 Å². The Morgan fingerprint density at radius 3 is 2.87 bits per heavy atom. The normalized spacial score (nSPS) is 18.3. The molecule has 82 valence electrons. The molecule has 3 heteroatoms. The summed E-state index contributed by atoms with van der Waals surface area (Å²) in [5, 5.41) is 3.48. The first kappa shape index (κ1) is 10.3. The van der Waals surface area contributed by atoms with Gasteiger partial charge < -0.3 is 16.0 Å². The maximum atomic E-state index is 5.73. The van der Waals surface area contributed by atoms with E-state index in [0.717, 1.165) is 6.54 Å². The summed E-state index contributed by atoms with van der Waals surface area (Å²) < 4.78 is 0. The van der Waals surface area contributed by atoms with Crippen LogP contribution < -0.4 is 16.0 Å². The summed E-state index contributed by atoms with van der Waals surface area (Å²) in [6, 6.07) is 6.29. The van der Waals surface area contributed by atoms with Gasteiger partial charge in [-0.05, 0) is 25.5 Å². The van der Waals surface area contributed by atoms with E-state index in [2.05, 4.69) is 49.3 Å². The zero-order valence-electron chi connectivity index (χ0n) is 9.67. The van der Waals surface area contributed by atoms with Gasteiger partial charge in [0.1, 0.15) is 0 Å². The van der Waals surface area contributed by atoms with Crippen molar-refractivity contribution in [1.29, 1.82) is 0 Å². The summed E-state index contributed by atoms with van der Waals surface area (Å²) in [4.78, 5) is 2.32. The smallest absolute Gasteiger partial charge is 0.0624 e. The largest absolute Gasteiger partial charge is 0.381 e. The SMILES string of the molecule is CN1c2cccc(CN)c2NCC1(C)C. The third-order valence-electron chi connectivity index (χ3n) is 3.32. The lowest BCUT2D eigenvalue weighted by atomic mass is 9.97. The van der Waals surface area contributed by atoms with E-state index in [1.165, 1.54) is 16.9 Å². The molecule has 1 aliphatic rings. The number of likely N-dealkylation sites (N-methyl/N-ethyl adjacent to an activating group) is 1. The number of para-hydroxylation sites is 1. The maximum absolute atomic E-state index is 5.73. The first-order valence-corrected chi connectivity index (χ1v) is 5.36. The van der Waals surface area contributed by atoms with Gasteiger partial charge in [0.15, 0.2) is 0 Å². The molecule has 0 radical (unpaired) electrons. The van der Waals surface area contributed by atoms with Gasteiger partial charge >= 0.3 is 0 Å². The highest BCUT2D eigenvalue weighted by Crippen LogP contribution is 2.36. The molecule has 1 aliphatic heterocycles. The van der Waals surface area contributed by atoms with Crippen molar-refractivity contribution in [3.05, 3.63) is 23.8 Å². The van der Waals surface area contributed by atoms with Crippen LogP contribution in [0.15, 0.2) is 18.2 Å². The molecular weight excluding hydrogens is 186 g/mol. The van der Waals surface area contributed by atoms with Gasteiger partial charge in [-0.15, -0.1) is 0 Å². The number of anilines is 2. The number of nitrogens with one attached hydrogen (secondary N) is 1. The molecule has 0 atom stereocenters. The Balaban J connectivity index is 2.49. The van der Waals surface area contributed by atoms with Crippen LogP contribution in [0.4, 0.5) is 11.4 Å². The number of hydrogen-bond donors (Lipinski definition) is 2. The van der Waals surface area contributed by atoms with Crippen molar-refractivity contribution in [1.82, 2.24) is 0 Å². The van der Waals surface area contributed by atoms with Crippen LogP contribution in [0.1, 0.15) is 19.4 Å². The second kappa shape index (κ2) is 3.42. The minimum Gasteiger partial charge on any atom is -0.381 e. The monoisotopic (exact) mass is 205 g/mol. The fourth-order valence-electron chi connectivity index (χ4n) is 1.99. The topological polar surface area (TPSA) is 41.3 Å². The average molecular weight is 205 g/mol. The number of rotatable bonds is 1. The number of fused-ring (bicyclic) bond motifs is 1. The van der Waals surface area contributed by atoms with Crippen molar-refractivity contribution in [3.63, 3.8) is 0 Å². The van der Waals surface area contributed by atoms with E-state index < -0.39 is 0 Å². The molecule has 0 saturated heterocycles. The number of nitrogens with zero attached hydrogens (tertiary/aromatic N) is 1. The molecule has 0 unspecified atom stereocenters. The highest BCUT2D eigenvalue weighted by atomic mass is 15.2. The van der Waals surface area contributed by atoms with Crippen molar-refractivity contribution in [3.8, 4) is 0 Å². The molecule has 0 fully saturated rings. The second-order valence-corrected chi connectivity index (χ2v) is 4.74. The zero-order chi connectivity index (χ0) is 11.1. The predicted molar refractivity (Wildman–Crippen MR) is 65.3 cm³/mol. The minimum absolute atomic E-state index is 0.153. The van der Waals surface area contributed by atoms with E-state index in [9.17, 15) is 0 Å². The molecule has 3 nitrogen and oxygen atoms in total. The fourth-order valence-corrected chi connectivity index (χ4v) is 1.99. The lowest BCUT2D eigenvalue weighted by Crippen LogP contribution is -2.50. The van der Waals surface area contributed by atoms with Crippen molar-refractivity contribution >= 4 is 11.4 Å². The number of benzene rings is 1. The Morgan fingerprint density at radius 1 is 1.47 bits per heavy atom. The Bertz CT molecular complexity index is 371. The highest BCUT2D eigenvalue weighted by Gasteiger charge is 2.30. The summed E-state index contributed by atoms with van der Waals surface area (Å²) in [6.45, 7) is 6.01. The van der Waals surface area contributed by atoms with Crippen LogP contribution >= 0.6 is 0 Å². The standard InChI is InChI=1S/C12H19N3/c1-12(2)8-14-11-9(7-13)5-4-6-10(11)15(12)3/h4-6,14H,7-8,13H2,1-3H3. The van der Waals surface area contributed by atoms with Gasteiger partial charge in [0.2, 0.25) is 0 Å². The Kier molecular flexibility index (Phi) is 2.35. The number of hydrogen-bond acceptors (Lipinski definition) is 3. The van der Waals surface area contributed by atoms with Crippen LogP contribution in [-0.4, -0.2) is 19.1 Å². The van der Waals surface area contributed by atoms with E-state index in [-0.39, 0.29) is 5.54 Å². The van der Waals surface area contributed by atoms with Gasteiger partial charge in [0.05, 0.1) is 16.9 Å². The first-order valence-electron chi connectivity index (χ1n) is 5.36. The van der Waals surface area contributed by atoms with E-state index in [1.807, 2.05) is 0 Å². The Hall–Kier alpha value is -1.22. The summed E-state index contributed by atoms with van der Waals surface area (Å²) in [5.74, 6) is 0. The maximum Gasteiger partial charge on any atom is 0.0624 e. The van der Waals surface area contributed by atoms with E-state index in [0.29, 0.717) is 6.54 Å². The molecule has 0 aliphatic carbocycles. The molecule has 1 aromatic carbocycles. The molecule has 0 saturated carbocycles. The lowest BCUT2D eigenvalue weighted by molar-refractivity contribution is 0.502. The van der Waals surface area contributed by atoms with E-state index >= 15 is 0 Å². The van der Waals surface area contributed by atoms with Crippen LogP contribution in [0.5, 0.6) is 0 Å². The summed E-state index contributed by atoms with van der Waals surface area (Å²) in [7, 11) is 2.14. The van der Waals surface area contributed by atoms with Crippen molar-refractivity contribution in [2.45, 2.75) is 25.9 Å². The van der Waals surface area contributed by atoms with Crippen molar-refractivity contribution in [2.75, 3.05) is 23.8 Å². The van der Waals surface area contributed by atoms with Gasteiger partial charge in [-0.1, -0.05) is 12.1 Å². The average Bonchev–Trinajstić information content (AvgIpc) is 2.23. The molecule has 15 heavy (non-hydrogen) atoms. The summed E-state index contributed by atoms with van der Waals surface area (Å²) in [5.41, 5.74) is 9.51. The molecule has 0 bridgehead atoms. The van der Waals surface area contributed by atoms with Crippen molar-refractivity contribution in [2.24, 2.45) is 5.73 Å². The highest BCUT2D eigenvalue weighted by molar-refractivity contribution is 5.76. The quantitative estimate of drug-likeness (QED) is 0.734. The molecule has 1 heterocycles. The first-order chi connectivity index (χ1) is 7.06. The molecule has 1 aromatic rings. The summed E-state index contributed by atoms with van der Waals surface area (Å²) >= 11 is 0. The Morgan fingerprint density at radius 2 is 2.20 bits per heavy atom. The number of nitrogens with two attached hydrogens (primary N) is 1. The van der Waals surface area contributed by atoms with Gasteiger partial charge in [0.25, 0.3) is 0 Å². The molecule has 3 N–H and O–H groups in total. The van der Waals surface area contributed by atoms with Crippen LogP contribution in [0.25, 0.3) is 0 Å². The van der Waals surface area contributed by atoms with E-state index in [4.69, 9.17) is 5.73 Å². The van der Waals surface area contributed by atoms with Crippen molar-refractivity contribution < 1.29 is 0 Å². The molecule has 0 aromatic heterocycles. The molecule has 2 rings (SSSR count). The third kappa shape index (κ3) is 1.57. The fraction of sp³-hybridized carbons (Fsp3) is 0.500. The predicted octanol–water partition coefficient (Wildman–Crippen LogP) is 1.79. The molecule has 0 spiro atoms. The van der Waals surface area contributed by atoms with Gasteiger partial charge in [-0.3, -0.25) is 0 Å². The second-order valence-electron chi connectivity index (χ2n) is 4.74. The third-order valence-corrected chi connectivity index (χ3v) is 3.32. The van der Waals surface area contributed by atoms with Crippen LogP contribution in [-0.2, 0) is 6.54 Å². The molecule has 0 amide bonds. The van der Waals surface area contributed by atoms with Crippen LogP contribution in [0, 0.1) is 0 Å². The zero-order valence-corrected chi connectivity index (χ0v) is 9.67.